The summed E-state index contributed by atoms with van der Waals surface area (Å²) in [4.78, 5) is 0. The average Bonchev–Trinajstić information content (AvgIpc) is 2.31. The molecule has 0 saturated carbocycles. The SMILES string of the molecule is CCC(CC)C(N)Cc1cc(C)ccc1OC. The largest absolute Gasteiger partial charge is 0.496 e. The summed E-state index contributed by atoms with van der Waals surface area (Å²) in [6.07, 6.45) is 3.19. The maximum atomic E-state index is 6.29. The molecule has 0 radical (unpaired) electrons. The summed E-state index contributed by atoms with van der Waals surface area (Å²) in [6, 6.07) is 6.51. The number of rotatable bonds is 6. The van der Waals surface area contributed by atoms with E-state index in [0.29, 0.717) is 5.92 Å². The molecule has 1 unspecified atom stereocenters. The molecule has 96 valence electrons. The number of ether oxygens (including phenoxy) is 1. The summed E-state index contributed by atoms with van der Waals surface area (Å²) in [5.74, 6) is 1.55. The molecule has 2 heteroatoms. The van der Waals surface area contributed by atoms with E-state index < -0.39 is 0 Å². The van der Waals surface area contributed by atoms with Crippen molar-refractivity contribution in [1.29, 1.82) is 0 Å². The molecule has 0 aliphatic heterocycles. The van der Waals surface area contributed by atoms with Gasteiger partial charge in [-0.25, -0.2) is 0 Å². The molecule has 1 rings (SSSR count). The minimum atomic E-state index is 0.223. The Morgan fingerprint density at radius 1 is 1.24 bits per heavy atom. The molecule has 0 aliphatic carbocycles. The monoisotopic (exact) mass is 235 g/mol. The van der Waals surface area contributed by atoms with Crippen molar-refractivity contribution in [2.45, 2.75) is 46.1 Å². The Labute approximate surface area is 105 Å². The molecule has 17 heavy (non-hydrogen) atoms. The molecule has 0 bridgehead atoms. The topological polar surface area (TPSA) is 35.2 Å². The summed E-state index contributed by atoms with van der Waals surface area (Å²) in [5.41, 5.74) is 8.78. The Kier molecular flexibility index (Phi) is 5.49. The Balaban J connectivity index is 2.82. The van der Waals surface area contributed by atoms with Gasteiger partial charge < -0.3 is 10.5 Å². The zero-order chi connectivity index (χ0) is 12.8. The van der Waals surface area contributed by atoms with Gasteiger partial charge in [-0.3, -0.25) is 0 Å². The minimum Gasteiger partial charge on any atom is -0.496 e. The number of hydrogen-bond donors (Lipinski definition) is 1. The number of benzene rings is 1. The number of methoxy groups -OCH3 is 1. The molecule has 2 nitrogen and oxygen atoms in total. The Bertz CT molecular complexity index is 345. The van der Waals surface area contributed by atoms with Crippen LogP contribution in [0.2, 0.25) is 0 Å². The summed E-state index contributed by atoms with van der Waals surface area (Å²) in [5, 5.41) is 0. The van der Waals surface area contributed by atoms with Crippen molar-refractivity contribution >= 4 is 0 Å². The van der Waals surface area contributed by atoms with Gasteiger partial charge in [-0.2, -0.15) is 0 Å². The first kappa shape index (κ1) is 14.0. The van der Waals surface area contributed by atoms with Crippen molar-refractivity contribution in [2.24, 2.45) is 11.7 Å². The number of hydrogen-bond acceptors (Lipinski definition) is 2. The van der Waals surface area contributed by atoms with Crippen molar-refractivity contribution in [3.63, 3.8) is 0 Å². The van der Waals surface area contributed by atoms with Crippen LogP contribution in [0.15, 0.2) is 18.2 Å². The zero-order valence-electron chi connectivity index (χ0n) is 11.5. The predicted octanol–water partition coefficient (Wildman–Crippen LogP) is 3.31. The van der Waals surface area contributed by atoms with E-state index in [1.54, 1.807) is 7.11 Å². The van der Waals surface area contributed by atoms with E-state index >= 15 is 0 Å². The van der Waals surface area contributed by atoms with Crippen LogP contribution in [0.3, 0.4) is 0 Å². The van der Waals surface area contributed by atoms with Gasteiger partial charge in [0, 0.05) is 6.04 Å². The van der Waals surface area contributed by atoms with Crippen molar-refractivity contribution in [1.82, 2.24) is 0 Å². The molecule has 1 aromatic carbocycles. The highest BCUT2D eigenvalue weighted by molar-refractivity contribution is 5.37. The van der Waals surface area contributed by atoms with E-state index in [-0.39, 0.29) is 6.04 Å². The van der Waals surface area contributed by atoms with Crippen molar-refractivity contribution in [3.8, 4) is 5.75 Å². The second-order valence-electron chi connectivity index (χ2n) is 4.76. The summed E-state index contributed by atoms with van der Waals surface area (Å²) < 4.78 is 5.39. The van der Waals surface area contributed by atoms with Crippen LogP contribution in [0.4, 0.5) is 0 Å². The van der Waals surface area contributed by atoms with Crippen LogP contribution in [0.25, 0.3) is 0 Å². The van der Waals surface area contributed by atoms with E-state index in [1.807, 2.05) is 6.07 Å². The second-order valence-corrected chi connectivity index (χ2v) is 4.76. The molecular weight excluding hydrogens is 210 g/mol. The van der Waals surface area contributed by atoms with Crippen LogP contribution in [0.5, 0.6) is 5.75 Å². The van der Waals surface area contributed by atoms with Crippen LogP contribution in [0.1, 0.15) is 37.8 Å². The van der Waals surface area contributed by atoms with Gasteiger partial charge in [-0.15, -0.1) is 0 Å². The van der Waals surface area contributed by atoms with Gasteiger partial charge in [0.25, 0.3) is 0 Å². The summed E-state index contributed by atoms with van der Waals surface area (Å²) >= 11 is 0. The van der Waals surface area contributed by atoms with Gasteiger partial charge in [-0.05, 0) is 30.9 Å². The van der Waals surface area contributed by atoms with Crippen LogP contribution >= 0.6 is 0 Å². The van der Waals surface area contributed by atoms with Gasteiger partial charge >= 0.3 is 0 Å². The van der Waals surface area contributed by atoms with E-state index in [9.17, 15) is 0 Å². The lowest BCUT2D eigenvalue weighted by Crippen LogP contribution is -2.31. The van der Waals surface area contributed by atoms with Crippen LogP contribution in [-0.2, 0) is 6.42 Å². The lowest BCUT2D eigenvalue weighted by molar-refractivity contribution is 0.378. The second kappa shape index (κ2) is 6.65. The quantitative estimate of drug-likeness (QED) is 0.821. The maximum absolute atomic E-state index is 6.29. The minimum absolute atomic E-state index is 0.223. The third kappa shape index (κ3) is 3.74. The first-order valence-corrected chi connectivity index (χ1v) is 6.51. The molecule has 0 spiro atoms. The van der Waals surface area contributed by atoms with Crippen molar-refractivity contribution in [3.05, 3.63) is 29.3 Å². The number of nitrogens with two attached hydrogens (primary N) is 1. The molecule has 0 saturated heterocycles. The van der Waals surface area contributed by atoms with Crippen LogP contribution < -0.4 is 10.5 Å². The third-order valence-corrected chi connectivity index (χ3v) is 3.55. The number of aryl methyl sites for hydroxylation is 1. The van der Waals surface area contributed by atoms with Gasteiger partial charge in [-0.1, -0.05) is 44.4 Å². The van der Waals surface area contributed by atoms with Gasteiger partial charge in [0.05, 0.1) is 7.11 Å². The molecule has 0 aromatic heterocycles. The molecule has 0 fully saturated rings. The molecule has 2 N–H and O–H groups in total. The fraction of sp³-hybridized carbons (Fsp3) is 0.600. The predicted molar refractivity (Wildman–Crippen MR) is 73.5 cm³/mol. The van der Waals surface area contributed by atoms with Crippen LogP contribution in [-0.4, -0.2) is 13.2 Å². The van der Waals surface area contributed by atoms with E-state index in [2.05, 4.69) is 32.9 Å². The smallest absolute Gasteiger partial charge is 0.122 e. The van der Waals surface area contributed by atoms with Gasteiger partial charge in [0.15, 0.2) is 0 Å². The van der Waals surface area contributed by atoms with Crippen LogP contribution in [0, 0.1) is 12.8 Å². The fourth-order valence-electron chi connectivity index (χ4n) is 2.38. The molecule has 0 heterocycles. The third-order valence-electron chi connectivity index (χ3n) is 3.55. The first-order valence-electron chi connectivity index (χ1n) is 6.51. The molecule has 1 atom stereocenters. The molecule has 1 aromatic rings. The maximum Gasteiger partial charge on any atom is 0.122 e. The zero-order valence-corrected chi connectivity index (χ0v) is 11.5. The molecule has 0 amide bonds. The first-order chi connectivity index (χ1) is 8.12. The normalized spacial score (nSPS) is 12.8. The van der Waals surface area contributed by atoms with Crippen molar-refractivity contribution < 1.29 is 4.74 Å². The Hall–Kier alpha value is -1.02. The standard InChI is InChI=1S/C15H25NO/c1-5-12(6-2)14(16)10-13-9-11(3)7-8-15(13)17-4/h7-9,12,14H,5-6,10,16H2,1-4H3. The van der Waals surface area contributed by atoms with E-state index in [4.69, 9.17) is 10.5 Å². The van der Waals surface area contributed by atoms with E-state index in [1.165, 1.54) is 11.1 Å². The lowest BCUT2D eigenvalue weighted by atomic mass is 9.89. The highest BCUT2D eigenvalue weighted by Crippen LogP contribution is 2.23. The fourth-order valence-corrected chi connectivity index (χ4v) is 2.38. The Morgan fingerprint density at radius 3 is 2.41 bits per heavy atom. The molecular formula is C15H25NO. The van der Waals surface area contributed by atoms with Crippen molar-refractivity contribution in [2.75, 3.05) is 7.11 Å². The summed E-state index contributed by atoms with van der Waals surface area (Å²) in [7, 11) is 1.72. The van der Waals surface area contributed by atoms with Gasteiger partial charge in [0.1, 0.15) is 5.75 Å². The highest BCUT2D eigenvalue weighted by Gasteiger charge is 2.16. The summed E-state index contributed by atoms with van der Waals surface area (Å²) in [6.45, 7) is 6.52. The lowest BCUT2D eigenvalue weighted by Gasteiger charge is -2.22. The van der Waals surface area contributed by atoms with Gasteiger partial charge in [0.2, 0.25) is 0 Å². The highest BCUT2D eigenvalue weighted by atomic mass is 16.5. The Morgan fingerprint density at radius 2 is 1.88 bits per heavy atom. The molecule has 0 aliphatic rings. The average molecular weight is 235 g/mol. The van der Waals surface area contributed by atoms with E-state index in [0.717, 1.165) is 25.0 Å².